The molecule has 0 bridgehead atoms. The maximum absolute atomic E-state index is 12.7. The van der Waals surface area contributed by atoms with Crippen molar-refractivity contribution in [1.29, 1.82) is 0 Å². The van der Waals surface area contributed by atoms with Crippen LogP contribution in [0.3, 0.4) is 0 Å². The Morgan fingerprint density at radius 3 is 2.40 bits per heavy atom. The molecule has 1 N–H and O–H groups in total. The molecule has 1 aliphatic rings. The molecule has 0 radical (unpaired) electrons. The largest absolute Gasteiger partial charge is 0.387 e. The highest BCUT2D eigenvalue weighted by Crippen LogP contribution is 2.24. The lowest BCUT2D eigenvalue weighted by Crippen LogP contribution is -2.48. The monoisotopic (exact) mass is 297 g/mol. The van der Waals surface area contributed by atoms with Crippen LogP contribution in [0.5, 0.6) is 0 Å². The third-order valence-electron chi connectivity index (χ3n) is 3.65. The first kappa shape index (κ1) is 15.3. The van der Waals surface area contributed by atoms with Gasteiger partial charge >= 0.3 is 0 Å². The Morgan fingerprint density at radius 1 is 1.15 bits per heavy atom. The van der Waals surface area contributed by atoms with E-state index in [1.54, 1.807) is 29.6 Å². The van der Waals surface area contributed by atoms with Gasteiger partial charge in [0.25, 0.3) is 0 Å². The SMILES string of the molecule is CCCN1CCN(S(=O)(=O)c2ccccc2NC)CC1. The molecule has 0 unspecified atom stereocenters. The molecule has 2 rings (SSSR count). The van der Waals surface area contributed by atoms with E-state index in [4.69, 9.17) is 0 Å². The van der Waals surface area contributed by atoms with Crippen molar-refractivity contribution in [1.82, 2.24) is 9.21 Å². The number of nitrogens with zero attached hydrogens (tertiary/aromatic N) is 2. The van der Waals surface area contributed by atoms with Gasteiger partial charge in [-0.05, 0) is 25.1 Å². The minimum absolute atomic E-state index is 0.367. The van der Waals surface area contributed by atoms with Gasteiger partial charge in [-0.25, -0.2) is 8.42 Å². The first-order chi connectivity index (χ1) is 9.59. The molecule has 112 valence electrons. The predicted molar refractivity (Wildman–Crippen MR) is 81.5 cm³/mol. The number of piperazine rings is 1. The Hall–Kier alpha value is -1.11. The van der Waals surface area contributed by atoms with Gasteiger partial charge in [0.1, 0.15) is 4.90 Å². The molecule has 20 heavy (non-hydrogen) atoms. The standard InChI is InChI=1S/C14H23N3O2S/c1-3-8-16-9-11-17(12-10-16)20(18,19)14-7-5-4-6-13(14)15-2/h4-7,15H,3,8-12H2,1-2H3. The summed E-state index contributed by atoms with van der Waals surface area (Å²) in [5, 5.41) is 2.95. The van der Waals surface area contributed by atoms with Crippen LogP contribution in [0, 0.1) is 0 Å². The van der Waals surface area contributed by atoms with Crippen molar-refractivity contribution in [2.24, 2.45) is 0 Å². The molecular weight excluding hydrogens is 274 g/mol. The van der Waals surface area contributed by atoms with Crippen LogP contribution in [0.25, 0.3) is 0 Å². The molecule has 0 aliphatic carbocycles. The van der Waals surface area contributed by atoms with Crippen LogP contribution in [0.2, 0.25) is 0 Å². The first-order valence-corrected chi connectivity index (χ1v) is 8.53. The highest BCUT2D eigenvalue weighted by atomic mass is 32.2. The number of rotatable bonds is 5. The molecule has 1 aromatic rings. The van der Waals surface area contributed by atoms with Gasteiger partial charge in [-0.2, -0.15) is 4.31 Å². The van der Waals surface area contributed by atoms with Crippen LogP contribution < -0.4 is 5.32 Å². The van der Waals surface area contributed by atoms with E-state index in [0.29, 0.717) is 23.7 Å². The second-order valence-corrected chi connectivity index (χ2v) is 6.90. The maximum Gasteiger partial charge on any atom is 0.245 e. The highest BCUT2D eigenvalue weighted by Gasteiger charge is 2.29. The van der Waals surface area contributed by atoms with E-state index in [0.717, 1.165) is 26.1 Å². The van der Waals surface area contributed by atoms with Crippen molar-refractivity contribution >= 4 is 15.7 Å². The molecule has 0 aromatic heterocycles. The Balaban J connectivity index is 2.16. The molecule has 0 atom stereocenters. The molecule has 1 aromatic carbocycles. The summed E-state index contributed by atoms with van der Waals surface area (Å²) >= 11 is 0. The lowest BCUT2D eigenvalue weighted by atomic mass is 10.3. The van der Waals surface area contributed by atoms with Crippen molar-refractivity contribution in [2.75, 3.05) is 45.1 Å². The molecule has 6 heteroatoms. The number of anilines is 1. The molecule has 1 heterocycles. The number of benzene rings is 1. The predicted octanol–water partition coefficient (Wildman–Crippen LogP) is 1.44. The van der Waals surface area contributed by atoms with Crippen molar-refractivity contribution in [3.8, 4) is 0 Å². The average Bonchev–Trinajstić information content (AvgIpc) is 2.48. The molecule has 0 amide bonds. The smallest absolute Gasteiger partial charge is 0.245 e. The zero-order chi connectivity index (χ0) is 14.6. The summed E-state index contributed by atoms with van der Waals surface area (Å²) in [5.41, 5.74) is 0.656. The van der Waals surface area contributed by atoms with Crippen molar-refractivity contribution in [2.45, 2.75) is 18.2 Å². The van der Waals surface area contributed by atoms with Gasteiger partial charge in [-0.1, -0.05) is 19.1 Å². The summed E-state index contributed by atoms with van der Waals surface area (Å²) < 4.78 is 27.0. The molecule has 1 aliphatic heterocycles. The fraction of sp³-hybridized carbons (Fsp3) is 0.571. The van der Waals surface area contributed by atoms with E-state index in [2.05, 4.69) is 17.1 Å². The molecule has 0 spiro atoms. The molecular formula is C14H23N3O2S. The van der Waals surface area contributed by atoms with Crippen LogP contribution >= 0.6 is 0 Å². The third kappa shape index (κ3) is 3.13. The van der Waals surface area contributed by atoms with E-state index >= 15 is 0 Å². The minimum atomic E-state index is -3.40. The Labute approximate surface area is 121 Å². The van der Waals surface area contributed by atoms with Crippen molar-refractivity contribution in [3.05, 3.63) is 24.3 Å². The Kier molecular flexibility index (Phi) is 5.01. The molecule has 0 saturated carbocycles. The minimum Gasteiger partial charge on any atom is -0.387 e. The maximum atomic E-state index is 12.7. The summed E-state index contributed by atoms with van der Waals surface area (Å²) in [6.07, 6.45) is 1.11. The second kappa shape index (κ2) is 6.56. The number of hydrogen-bond donors (Lipinski definition) is 1. The van der Waals surface area contributed by atoms with Crippen molar-refractivity contribution < 1.29 is 8.42 Å². The Bertz CT molecular complexity index is 537. The quantitative estimate of drug-likeness (QED) is 0.893. The number of nitrogens with one attached hydrogen (secondary N) is 1. The molecule has 1 saturated heterocycles. The van der Waals surface area contributed by atoms with E-state index in [1.807, 2.05) is 6.07 Å². The number of sulfonamides is 1. The van der Waals surface area contributed by atoms with Crippen LogP contribution in [0.4, 0.5) is 5.69 Å². The van der Waals surface area contributed by atoms with Crippen LogP contribution in [-0.4, -0.2) is 57.4 Å². The highest BCUT2D eigenvalue weighted by molar-refractivity contribution is 7.89. The summed E-state index contributed by atoms with van der Waals surface area (Å²) in [7, 11) is -1.66. The lowest BCUT2D eigenvalue weighted by molar-refractivity contribution is 0.189. The van der Waals surface area contributed by atoms with Gasteiger partial charge in [0.05, 0.1) is 5.69 Å². The van der Waals surface area contributed by atoms with E-state index in [1.165, 1.54) is 0 Å². The third-order valence-corrected chi connectivity index (χ3v) is 5.60. The van der Waals surface area contributed by atoms with Crippen LogP contribution in [0.15, 0.2) is 29.2 Å². The van der Waals surface area contributed by atoms with Gasteiger partial charge in [0.15, 0.2) is 0 Å². The second-order valence-electron chi connectivity index (χ2n) is 4.99. The fourth-order valence-electron chi connectivity index (χ4n) is 2.55. The van der Waals surface area contributed by atoms with Gasteiger partial charge < -0.3 is 10.2 Å². The summed E-state index contributed by atoms with van der Waals surface area (Å²) in [4.78, 5) is 2.68. The topological polar surface area (TPSA) is 52.7 Å². The van der Waals surface area contributed by atoms with E-state index in [9.17, 15) is 8.42 Å². The lowest BCUT2D eigenvalue weighted by Gasteiger charge is -2.34. The zero-order valence-corrected chi connectivity index (χ0v) is 13.0. The van der Waals surface area contributed by atoms with Gasteiger partial charge in [0, 0.05) is 33.2 Å². The fourth-order valence-corrected chi connectivity index (χ4v) is 4.17. The Morgan fingerprint density at radius 2 is 1.80 bits per heavy atom. The molecule has 1 fully saturated rings. The zero-order valence-electron chi connectivity index (χ0n) is 12.2. The van der Waals surface area contributed by atoms with Gasteiger partial charge in [0.2, 0.25) is 10.0 Å². The summed E-state index contributed by atoms with van der Waals surface area (Å²) in [6, 6.07) is 7.06. The normalized spacial score (nSPS) is 18.1. The summed E-state index contributed by atoms with van der Waals surface area (Å²) in [6.45, 7) is 5.96. The summed E-state index contributed by atoms with van der Waals surface area (Å²) in [5.74, 6) is 0. The van der Waals surface area contributed by atoms with Gasteiger partial charge in [-0.15, -0.1) is 0 Å². The van der Waals surface area contributed by atoms with Gasteiger partial charge in [-0.3, -0.25) is 0 Å². The average molecular weight is 297 g/mol. The van der Waals surface area contributed by atoms with E-state index in [-0.39, 0.29) is 0 Å². The van der Waals surface area contributed by atoms with Crippen LogP contribution in [0.1, 0.15) is 13.3 Å². The number of hydrogen-bond acceptors (Lipinski definition) is 4. The first-order valence-electron chi connectivity index (χ1n) is 7.09. The van der Waals surface area contributed by atoms with E-state index < -0.39 is 10.0 Å². The van der Waals surface area contributed by atoms with Crippen molar-refractivity contribution in [3.63, 3.8) is 0 Å². The van der Waals surface area contributed by atoms with Crippen LogP contribution in [-0.2, 0) is 10.0 Å². The number of para-hydroxylation sites is 1. The molecule has 5 nitrogen and oxygen atoms in total.